The highest BCUT2D eigenvalue weighted by Crippen LogP contribution is 2.58. The predicted molar refractivity (Wildman–Crippen MR) is 96.8 cm³/mol. The SMILES string of the molecule is CC1(C)[C@H](NS(=O)(=O)c2ccccc2)[C@@H]1c1nc(-c2ccccc2F)no1. The normalized spacial score (nSPS) is 21.1. The van der Waals surface area contributed by atoms with E-state index in [9.17, 15) is 12.8 Å². The standard InChI is InChI=1S/C19H18FN3O3S/c1-19(2)15(16(19)23-27(24,25)12-8-4-3-5-9-12)18-21-17(22-26-18)13-10-6-7-11-14(13)20/h3-11,15-16,23H,1-2H3/t15-,16-/m1/s1. The van der Waals surface area contributed by atoms with Gasteiger partial charge in [-0.2, -0.15) is 4.98 Å². The first-order valence-electron chi connectivity index (χ1n) is 8.46. The Morgan fingerprint density at radius 2 is 1.74 bits per heavy atom. The molecule has 0 amide bonds. The highest BCUT2D eigenvalue weighted by Gasteiger charge is 2.63. The van der Waals surface area contributed by atoms with Gasteiger partial charge in [0.2, 0.25) is 21.7 Å². The number of benzene rings is 2. The van der Waals surface area contributed by atoms with Crippen molar-refractivity contribution < 1.29 is 17.3 Å². The molecule has 1 aliphatic rings. The Kier molecular flexibility index (Phi) is 4.12. The number of nitrogens with zero attached hydrogens (tertiary/aromatic N) is 2. The van der Waals surface area contributed by atoms with Crippen LogP contribution in [0.5, 0.6) is 0 Å². The Bertz CT molecular complexity index is 1080. The van der Waals surface area contributed by atoms with E-state index in [1.54, 1.807) is 36.4 Å². The van der Waals surface area contributed by atoms with Crippen molar-refractivity contribution in [3.8, 4) is 11.4 Å². The van der Waals surface area contributed by atoms with E-state index >= 15 is 0 Å². The molecule has 1 aromatic heterocycles. The molecule has 0 unspecified atom stereocenters. The van der Waals surface area contributed by atoms with Crippen molar-refractivity contribution in [2.45, 2.75) is 30.7 Å². The molecule has 8 heteroatoms. The second-order valence-corrected chi connectivity index (χ2v) is 8.86. The summed E-state index contributed by atoms with van der Waals surface area (Å²) in [6.45, 7) is 3.84. The van der Waals surface area contributed by atoms with Crippen LogP contribution in [-0.2, 0) is 10.0 Å². The molecule has 3 aromatic rings. The van der Waals surface area contributed by atoms with Gasteiger partial charge in [0.05, 0.1) is 16.4 Å². The van der Waals surface area contributed by atoms with E-state index in [2.05, 4.69) is 14.9 Å². The second kappa shape index (κ2) is 6.24. The molecule has 6 nitrogen and oxygen atoms in total. The minimum Gasteiger partial charge on any atom is -0.339 e. The summed E-state index contributed by atoms with van der Waals surface area (Å²) in [7, 11) is -3.66. The minimum absolute atomic E-state index is 0.149. The molecule has 1 aliphatic carbocycles. The average molecular weight is 387 g/mol. The van der Waals surface area contributed by atoms with Crippen LogP contribution in [0.1, 0.15) is 25.7 Å². The van der Waals surface area contributed by atoms with Crippen molar-refractivity contribution in [2.24, 2.45) is 5.41 Å². The third-order valence-corrected chi connectivity index (χ3v) is 6.44. The lowest BCUT2D eigenvalue weighted by molar-refractivity contribution is 0.368. The van der Waals surface area contributed by atoms with E-state index in [4.69, 9.17) is 4.52 Å². The molecule has 140 valence electrons. The number of halogens is 1. The number of hydrogen-bond donors (Lipinski definition) is 1. The van der Waals surface area contributed by atoms with Crippen LogP contribution in [0.15, 0.2) is 64.0 Å². The van der Waals surface area contributed by atoms with Crippen molar-refractivity contribution in [3.63, 3.8) is 0 Å². The second-order valence-electron chi connectivity index (χ2n) is 7.15. The van der Waals surface area contributed by atoms with E-state index < -0.39 is 27.3 Å². The first-order chi connectivity index (χ1) is 12.8. The highest BCUT2D eigenvalue weighted by molar-refractivity contribution is 7.89. The van der Waals surface area contributed by atoms with Crippen LogP contribution in [0.25, 0.3) is 11.4 Å². The van der Waals surface area contributed by atoms with Gasteiger partial charge in [-0.15, -0.1) is 0 Å². The summed E-state index contributed by atoms with van der Waals surface area (Å²) in [6.07, 6.45) is 0. The summed E-state index contributed by atoms with van der Waals surface area (Å²) >= 11 is 0. The largest absolute Gasteiger partial charge is 0.339 e. The summed E-state index contributed by atoms with van der Waals surface area (Å²) in [5.41, 5.74) is -0.159. The van der Waals surface area contributed by atoms with Crippen LogP contribution in [0.3, 0.4) is 0 Å². The van der Waals surface area contributed by atoms with Crippen LogP contribution < -0.4 is 4.72 Å². The van der Waals surface area contributed by atoms with Gasteiger partial charge in [0.15, 0.2) is 0 Å². The fourth-order valence-corrected chi connectivity index (χ4v) is 4.69. The molecule has 1 fully saturated rings. The number of rotatable bonds is 5. The first-order valence-corrected chi connectivity index (χ1v) is 9.95. The number of nitrogens with one attached hydrogen (secondary N) is 1. The van der Waals surface area contributed by atoms with Crippen LogP contribution in [0.2, 0.25) is 0 Å². The molecule has 27 heavy (non-hydrogen) atoms. The van der Waals surface area contributed by atoms with Gasteiger partial charge >= 0.3 is 0 Å². The fraction of sp³-hybridized carbons (Fsp3) is 0.263. The lowest BCUT2D eigenvalue weighted by Gasteiger charge is -2.07. The van der Waals surface area contributed by atoms with Crippen molar-refractivity contribution in [1.29, 1.82) is 0 Å². The van der Waals surface area contributed by atoms with Crippen LogP contribution in [0.4, 0.5) is 4.39 Å². The smallest absolute Gasteiger partial charge is 0.240 e. The molecular formula is C19H18FN3O3S. The van der Waals surface area contributed by atoms with Crippen molar-refractivity contribution in [3.05, 3.63) is 66.3 Å². The minimum atomic E-state index is -3.66. The maximum atomic E-state index is 13.9. The number of sulfonamides is 1. The topological polar surface area (TPSA) is 85.1 Å². The molecule has 0 spiro atoms. The van der Waals surface area contributed by atoms with Gasteiger partial charge < -0.3 is 4.52 Å². The summed E-state index contributed by atoms with van der Waals surface area (Å²) < 4.78 is 47.1. The number of hydrogen-bond acceptors (Lipinski definition) is 5. The van der Waals surface area contributed by atoms with E-state index in [-0.39, 0.29) is 22.2 Å². The first kappa shape index (κ1) is 17.8. The van der Waals surface area contributed by atoms with E-state index in [1.165, 1.54) is 18.2 Å². The van der Waals surface area contributed by atoms with Crippen molar-refractivity contribution >= 4 is 10.0 Å². The fourth-order valence-electron chi connectivity index (χ4n) is 3.27. The lowest BCUT2D eigenvalue weighted by atomic mass is 10.1. The molecule has 0 saturated heterocycles. The van der Waals surface area contributed by atoms with Gasteiger partial charge in [0.25, 0.3) is 0 Å². The van der Waals surface area contributed by atoms with Gasteiger partial charge in [-0.25, -0.2) is 17.5 Å². The summed E-state index contributed by atoms with van der Waals surface area (Å²) in [6, 6.07) is 13.9. The van der Waals surface area contributed by atoms with E-state index in [0.717, 1.165) is 0 Å². The van der Waals surface area contributed by atoms with Crippen LogP contribution in [-0.4, -0.2) is 24.6 Å². The van der Waals surface area contributed by atoms with E-state index in [1.807, 2.05) is 13.8 Å². The molecule has 0 aliphatic heterocycles. The Morgan fingerprint density at radius 3 is 2.44 bits per heavy atom. The molecule has 2 aromatic carbocycles. The maximum absolute atomic E-state index is 13.9. The Balaban J connectivity index is 1.58. The average Bonchev–Trinajstić information content (AvgIpc) is 2.98. The van der Waals surface area contributed by atoms with Crippen molar-refractivity contribution in [1.82, 2.24) is 14.9 Å². The zero-order valence-electron chi connectivity index (χ0n) is 14.8. The van der Waals surface area contributed by atoms with Gasteiger partial charge in [0.1, 0.15) is 5.82 Å². The zero-order chi connectivity index (χ0) is 19.2. The Morgan fingerprint density at radius 1 is 1.07 bits per heavy atom. The number of aromatic nitrogens is 2. The molecule has 0 radical (unpaired) electrons. The van der Waals surface area contributed by atoms with Crippen LogP contribution >= 0.6 is 0 Å². The molecule has 2 atom stereocenters. The molecular weight excluding hydrogens is 369 g/mol. The van der Waals surface area contributed by atoms with Crippen LogP contribution in [0, 0.1) is 11.2 Å². The molecule has 1 N–H and O–H groups in total. The summed E-state index contributed by atoms with van der Waals surface area (Å²) in [4.78, 5) is 4.50. The maximum Gasteiger partial charge on any atom is 0.240 e. The predicted octanol–water partition coefficient (Wildman–Crippen LogP) is 3.35. The molecule has 1 saturated carbocycles. The quantitative estimate of drug-likeness (QED) is 0.726. The monoisotopic (exact) mass is 387 g/mol. The Labute approximate surface area is 156 Å². The molecule has 1 heterocycles. The summed E-state index contributed by atoms with van der Waals surface area (Å²) in [5.74, 6) is -0.292. The lowest BCUT2D eigenvalue weighted by Crippen LogP contribution is -2.29. The third kappa shape index (κ3) is 3.15. The molecule has 4 rings (SSSR count). The zero-order valence-corrected chi connectivity index (χ0v) is 15.6. The molecule has 0 bridgehead atoms. The van der Waals surface area contributed by atoms with Gasteiger partial charge in [-0.05, 0) is 29.7 Å². The highest BCUT2D eigenvalue weighted by atomic mass is 32.2. The van der Waals surface area contributed by atoms with Gasteiger partial charge in [-0.3, -0.25) is 0 Å². The Hall–Kier alpha value is -2.58. The van der Waals surface area contributed by atoms with Crippen molar-refractivity contribution in [2.75, 3.05) is 0 Å². The van der Waals surface area contributed by atoms with Gasteiger partial charge in [0, 0.05) is 6.04 Å². The van der Waals surface area contributed by atoms with E-state index in [0.29, 0.717) is 5.89 Å². The third-order valence-electron chi connectivity index (χ3n) is 4.99. The summed E-state index contributed by atoms with van der Waals surface area (Å²) in [5, 5.41) is 3.86. The van der Waals surface area contributed by atoms with Gasteiger partial charge in [-0.1, -0.05) is 49.3 Å².